The highest BCUT2D eigenvalue weighted by Crippen LogP contribution is 2.35. The van der Waals surface area contributed by atoms with Crippen molar-refractivity contribution < 1.29 is 19.1 Å². The smallest absolute Gasteiger partial charge is 0.227 e. The van der Waals surface area contributed by atoms with E-state index < -0.39 is 0 Å². The molecule has 0 aliphatic carbocycles. The minimum atomic E-state index is -0.340. The molecule has 2 aliphatic rings. The Labute approximate surface area is 171 Å². The maximum atomic E-state index is 12.5. The number of anilines is 1. The topological polar surface area (TPSA) is 83.1 Å². The molecule has 1 atom stereocenters. The molecule has 0 radical (unpaired) electrons. The number of ether oxygens (including phenoxy) is 2. The van der Waals surface area contributed by atoms with Gasteiger partial charge in [-0.1, -0.05) is 0 Å². The van der Waals surface area contributed by atoms with Crippen LogP contribution in [0.3, 0.4) is 0 Å². The highest BCUT2D eigenvalue weighted by molar-refractivity contribution is 6.01. The van der Waals surface area contributed by atoms with Gasteiger partial charge in [-0.2, -0.15) is 0 Å². The van der Waals surface area contributed by atoms with Crippen molar-refractivity contribution in [2.45, 2.75) is 6.42 Å². The fourth-order valence-electron chi connectivity index (χ4n) is 3.54. The number of hydrogen-bond acceptors (Lipinski definition) is 6. The number of rotatable bonds is 7. The van der Waals surface area contributed by atoms with Crippen molar-refractivity contribution in [2.75, 3.05) is 64.9 Å². The zero-order chi connectivity index (χ0) is 19.2. The zero-order valence-electron chi connectivity index (χ0n) is 16.4. The molecule has 28 heavy (non-hydrogen) atoms. The number of nitrogens with zero attached hydrogens (tertiary/aromatic N) is 2. The molecule has 8 nitrogen and oxygen atoms in total. The summed E-state index contributed by atoms with van der Waals surface area (Å²) < 4.78 is 10.6. The second-order valence-corrected chi connectivity index (χ2v) is 6.83. The number of nitrogens with one attached hydrogen (secondary N) is 2. The Morgan fingerprint density at radius 3 is 2.68 bits per heavy atom. The Bertz CT molecular complexity index is 682. The quantitative estimate of drug-likeness (QED) is 0.678. The van der Waals surface area contributed by atoms with Gasteiger partial charge in [-0.05, 0) is 12.1 Å². The predicted octanol–water partition coefficient (Wildman–Crippen LogP) is 0.500. The van der Waals surface area contributed by atoms with E-state index in [1.807, 2.05) is 0 Å². The Balaban J connectivity index is 0.00000280. The van der Waals surface area contributed by atoms with Crippen molar-refractivity contribution >= 4 is 29.9 Å². The molecule has 1 aromatic rings. The van der Waals surface area contributed by atoms with Crippen LogP contribution in [-0.2, 0) is 9.59 Å². The lowest BCUT2D eigenvalue weighted by atomic mass is 10.1. The van der Waals surface area contributed by atoms with E-state index in [0.717, 1.165) is 32.7 Å². The van der Waals surface area contributed by atoms with Crippen molar-refractivity contribution in [1.29, 1.82) is 0 Å². The first-order valence-corrected chi connectivity index (χ1v) is 9.35. The first kappa shape index (κ1) is 22.3. The molecule has 2 amide bonds. The molecular weight excluding hydrogens is 384 g/mol. The number of amides is 2. The van der Waals surface area contributed by atoms with Crippen molar-refractivity contribution in [3.05, 3.63) is 18.2 Å². The Morgan fingerprint density at radius 1 is 1.25 bits per heavy atom. The van der Waals surface area contributed by atoms with Crippen LogP contribution < -0.4 is 25.0 Å². The van der Waals surface area contributed by atoms with Crippen molar-refractivity contribution in [3.8, 4) is 11.5 Å². The Kier molecular flexibility index (Phi) is 8.35. The number of halogens is 1. The molecule has 0 saturated carbocycles. The van der Waals surface area contributed by atoms with Gasteiger partial charge in [0.2, 0.25) is 11.8 Å². The molecule has 3 rings (SSSR count). The monoisotopic (exact) mass is 412 g/mol. The van der Waals surface area contributed by atoms with E-state index in [9.17, 15) is 9.59 Å². The number of carbonyl (C=O) groups excluding carboxylic acids is 2. The summed E-state index contributed by atoms with van der Waals surface area (Å²) in [5, 5.41) is 6.29. The van der Waals surface area contributed by atoms with Crippen LogP contribution in [0.15, 0.2) is 18.2 Å². The van der Waals surface area contributed by atoms with Crippen LogP contribution in [0.2, 0.25) is 0 Å². The van der Waals surface area contributed by atoms with E-state index in [1.165, 1.54) is 0 Å². The van der Waals surface area contributed by atoms with Gasteiger partial charge in [0, 0.05) is 58.3 Å². The molecule has 0 bridgehead atoms. The minimum absolute atomic E-state index is 0. The lowest BCUT2D eigenvalue weighted by Crippen LogP contribution is -2.46. The number of piperazine rings is 1. The van der Waals surface area contributed by atoms with Gasteiger partial charge in [0.05, 0.1) is 25.8 Å². The molecule has 1 unspecified atom stereocenters. The summed E-state index contributed by atoms with van der Waals surface area (Å²) in [5.74, 6) is 0.744. The maximum absolute atomic E-state index is 12.5. The van der Waals surface area contributed by atoms with Crippen LogP contribution in [0, 0.1) is 5.92 Å². The van der Waals surface area contributed by atoms with Gasteiger partial charge in [-0.25, -0.2) is 0 Å². The van der Waals surface area contributed by atoms with E-state index in [4.69, 9.17) is 9.47 Å². The van der Waals surface area contributed by atoms with E-state index in [0.29, 0.717) is 30.3 Å². The molecule has 2 fully saturated rings. The first-order chi connectivity index (χ1) is 13.1. The third-order valence-corrected chi connectivity index (χ3v) is 5.11. The van der Waals surface area contributed by atoms with E-state index in [-0.39, 0.29) is 36.6 Å². The summed E-state index contributed by atoms with van der Waals surface area (Å²) in [5.41, 5.74) is 0.666. The van der Waals surface area contributed by atoms with Gasteiger partial charge in [-0.15, -0.1) is 12.4 Å². The van der Waals surface area contributed by atoms with Gasteiger partial charge in [0.15, 0.2) is 0 Å². The highest BCUT2D eigenvalue weighted by atomic mass is 35.5. The van der Waals surface area contributed by atoms with E-state index >= 15 is 0 Å². The predicted molar refractivity (Wildman–Crippen MR) is 110 cm³/mol. The molecule has 2 saturated heterocycles. The Morgan fingerprint density at radius 2 is 2.00 bits per heavy atom. The third kappa shape index (κ3) is 5.27. The second-order valence-electron chi connectivity index (χ2n) is 6.83. The average molecular weight is 413 g/mol. The van der Waals surface area contributed by atoms with Gasteiger partial charge >= 0.3 is 0 Å². The van der Waals surface area contributed by atoms with Crippen LogP contribution >= 0.6 is 12.4 Å². The molecule has 0 aromatic heterocycles. The zero-order valence-corrected chi connectivity index (χ0v) is 17.2. The van der Waals surface area contributed by atoms with Gasteiger partial charge in [-0.3, -0.25) is 14.5 Å². The largest absolute Gasteiger partial charge is 0.497 e. The number of carbonyl (C=O) groups is 2. The average Bonchev–Trinajstić information content (AvgIpc) is 3.09. The fraction of sp³-hybridized carbons (Fsp3) is 0.579. The summed E-state index contributed by atoms with van der Waals surface area (Å²) in [7, 11) is 3.13. The molecule has 0 spiro atoms. The maximum Gasteiger partial charge on any atom is 0.227 e. The van der Waals surface area contributed by atoms with Crippen molar-refractivity contribution in [1.82, 2.24) is 15.5 Å². The normalized spacial score (nSPS) is 19.9. The van der Waals surface area contributed by atoms with Gasteiger partial charge in [0.25, 0.3) is 0 Å². The molecule has 9 heteroatoms. The molecule has 2 N–H and O–H groups in total. The standard InChI is InChI=1S/C19H28N4O4.ClH/c1-26-15-3-4-16(17(12-15)27-2)23-13-14(11-18(23)24)19(25)21-7-10-22-8-5-20-6-9-22;/h3-4,12,14,20H,5-11,13H2,1-2H3,(H,21,25);1H. The fourth-order valence-corrected chi connectivity index (χ4v) is 3.54. The van der Waals surface area contributed by atoms with Gasteiger partial charge in [0.1, 0.15) is 11.5 Å². The summed E-state index contributed by atoms with van der Waals surface area (Å²) in [6, 6.07) is 5.32. The third-order valence-electron chi connectivity index (χ3n) is 5.11. The van der Waals surface area contributed by atoms with Crippen molar-refractivity contribution in [3.63, 3.8) is 0 Å². The lowest BCUT2D eigenvalue weighted by Gasteiger charge is -2.27. The lowest BCUT2D eigenvalue weighted by molar-refractivity contribution is -0.126. The SMILES string of the molecule is COc1ccc(N2CC(C(=O)NCCN3CCNCC3)CC2=O)c(OC)c1.Cl. The van der Waals surface area contributed by atoms with E-state index in [1.54, 1.807) is 37.3 Å². The highest BCUT2D eigenvalue weighted by Gasteiger charge is 2.36. The molecule has 2 aliphatic heterocycles. The van der Waals surface area contributed by atoms with Gasteiger partial charge < -0.3 is 25.0 Å². The number of methoxy groups -OCH3 is 2. The molecule has 156 valence electrons. The van der Waals surface area contributed by atoms with E-state index in [2.05, 4.69) is 15.5 Å². The minimum Gasteiger partial charge on any atom is -0.497 e. The van der Waals surface area contributed by atoms with Crippen LogP contribution in [0.4, 0.5) is 5.69 Å². The van der Waals surface area contributed by atoms with Crippen LogP contribution in [0.1, 0.15) is 6.42 Å². The summed E-state index contributed by atoms with van der Waals surface area (Å²) in [6.45, 7) is 5.79. The van der Waals surface area contributed by atoms with Crippen molar-refractivity contribution in [2.24, 2.45) is 5.92 Å². The Hall–Kier alpha value is -2.03. The summed E-state index contributed by atoms with van der Waals surface area (Å²) >= 11 is 0. The number of hydrogen-bond donors (Lipinski definition) is 2. The summed E-state index contributed by atoms with van der Waals surface area (Å²) in [4.78, 5) is 28.9. The van der Waals surface area contributed by atoms with Crippen LogP contribution in [0.25, 0.3) is 0 Å². The van der Waals surface area contributed by atoms with Crippen LogP contribution in [-0.4, -0.2) is 76.7 Å². The number of benzene rings is 1. The molecule has 1 aromatic carbocycles. The molecular formula is C19H29ClN4O4. The second kappa shape index (κ2) is 10.5. The first-order valence-electron chi connectivity index (χ1n) is 9.35. The molecule has 2 heterocycles. The van der Waals surface area contributed by atoms with Crippen LogP contribution in [0.5, 0.6) is 11.5 Å². The summed E-state index contributed by atoms with van der Waals surface area (Å²) in [6.07, 6.45) is 0.217.